The molecule has 15 aromatic carbocycles. The Morgan fingerprint density at radius 1 is 0.165 bits per heavy atom. The maximum absolute atomic E-state index is 15.2. The third kappa shape index (κ3) is 6.10. The molecular weight excluding hydrogens is 970 g/mol. The Morgan fingerprint density at radius 3 is 0.911 bits per heavy atom. The van der Waals surface area contributed by atoms with E-state index in [1.165, 1.54) is 89.1 Å². The van der Waals surface area contributed by atoms with Gasteiger partial charge in [0, 0.05) is 6.07 Å². The van der Waals surface area contributed by atoms with E-state index in [1.54, 1.807) is 12.1 Å². The van der Waals surface area contributed by atoms with Crippen LogP contribution in [0.4, 0.5) is 13.2 Å². The number of rotatable bonds is 6. The molecule has 0 N–H and O–H groups in total. The van der Waals surface area contributed by atoms with E-state index < -0.39 is 11.6 Å². The zero-order chi connectivity index (χ0) is 52.2. The average molecular weight is 1010 g/mol. The molecule has 0 saturated heterocycles. The number of fused-ring (bicyclic) bond motifs is 10. The first-order valence-corrected chi connectivity index (χ1v) is 26.9. The third-order valence-electron chi connectivity index (χ3n) is 17.2. The van der Waals surface area contributed by atoms with Crippen molar-refractivity contribution < 1.29 is 13.2 Å². The molecule has 2 aliphatic carbocycles. The maximum Gasteiger partial charge on any atom is 0.126 e. The molecule has 17 rings (SSSR count). The van der Waals surface area contributed by atoms with E-state index in [-0.39, 0.29) is 5.82 Å². The normalized spacial score (nSPS) is 12.2. The minimum atomic E-state index is -0.614. The van der Waals surface area contributed by atoms with E-state index in [2.05, 4.69) is 188 Å². The Kier molecular flexibility index (Phi) is 9.18. The van der Waals surface area contributed by atoms with Gasteiger partial charge in [0.15, 0.2) is 0 Å². The van der Waals surface area contributed by atoms with Crippen LogP contribution in [0.1, 0.15) is 0 Å². The Balaban J connectivity index is 0.985. The van der Waals surface area contributed by atoms with Gasteiger partial charge in [-0.1, -0.05) is 218 Å². The summed E-state index contributed by atoms with van der Waals surface area (Å²) in [6, 6.07) is 85.1. The van der Waals surface area contributed by atoms with Gasteiger partial charge >= 0.3 is 0 Å². The summed E-state index contributed by atoms with van der Waals surface area (Å²) in [4.78, 5) is 0. The summed E-state index contributed by atoms with van der Waals surface area (Å²) < 4.78 is 45.5. The van der Waals surface area contributed by atoms with Gasteiger partial charge in [-0.25, -0.2) is 13.2 Å². The van der Waals surface area contributed by atoms with Gasteiger partial charge in [-0.15, -0.1) is 0 Å². The highest BCUT2D eigenvalue weighted by Gasteiger charge is 2.36. The highest BCUT2D eigenvalue weighted by Crippen LogP contribution is 2.63. The predicted molar refractivity (Wildman–Crippen MR) is 324 cm³/mol. The first-order chi connectivity index (χ1) is 39.0. The van der Waals surface area contributed by atoms with Crippen LogP contribution < -0.4 is 0 Å². The Bertz CT molecular complexity index is 5110. The molecule has 0 heterocycles. The molecule has 0 bridgehead atoms. The molecule has 0 fully saturated rings. The summed E-state index contributed by atoms with van der Waals surface area (Å²) in [5.74, 6) is -1.50. The Labute approximate surface area is 452 Å². The van der Waals surface area contributed by atoms with Gasteiger partial charge in [-0.2, -0.15) is 0 Å². The van der Waals surface area contributed by atoms with Crippen molar-refractivity contribution in [2.75, 3.05) is 0 Å². The van der Waals surface area contributed by atoms with Crippen molar-refractivity contribution in [1.82, 2.24) is 0 Å². The molecule has 0 nitrogen and oxygen atoms in total. The number of hydrogen-bond donors (Lipinski definition) is 0. The van der Waals surface area contributed by atoms with Crippen molar-refractivity contribution in [3.8, 4) is 111 Å². The molecule has 0 aromatic heterocycles. The van der Waals surface area contributed by atoms with Crippen LogP contribution in [0.2, 0.25) is 0 Å². The van der Waals surface area contributed by atoms with Crippen LogP contribution in [-0.2, 0) is 0 Å². The lowest BCUT2D eigenvalue weighted by atomic mass is 9.81. The predicted octanol–water partition coefficient (Wildman–Crippen LogP) is 21.8. The van der Waals surface area contributed by atoms with Gasteiger partial charge in [0.25, 0.3) is 0 Å². The molecule has 0 radical (unpaired) electrons. The van der Waals surface area contributed by atoms with Gasteiger partial charge in [0.1, 0.15) is 17.5 Å². The largest absolute Gasteiger partial charge is 0.207 e. The number of benzene rings is 15. The quantitative estimate of drug-likeness (QED) is 0.115. The van der Waals surface area contributed by atoms with Crippen LogP contribution in [-0.4, -0.2) is 0 Å². The first-order valence-electron chi connectivity index (χ1n) is 26.9. The van der Waals surface area contributed by atoms with Crippen LogP contribution in [0.25, 0.3) is 176 Å². The zero-order valence-corrected chi connectivity index (χ0v) is 42.3. The fourth-order valence-electron chi connectivity index (χ4n) is 14.3. The summed E-state index contributed by atoms with van der Waals surface area (Å²) in [7, 11) is 0. The third-order valence-corrected chi connectivity index (χ3v) is 17.2. The van der Waals surface area contributed by atoms with Crippen molar-refractivity contribution in [3.05, 3.63) is 266 Å². The zero-order valence-electron chi connectivity index (χ0n) is 42.3. The van der Waals surface area contributed by atoms with E-state index in [0.29, 0.717) is 5.56 Å². The molecule has 0 unspecified atom stereocenters. The fourth-order valence-corrected chi connectivity index (χ4v) is 14.3. The molecule has 0 atom stereocenters. The smallest absolute Gasteiger partial charge is 0.126 e. The molecule has 366 valence electrons. The molecule has 0 aliphatic heterocycles. The molecule has 15 aromatic rings. The second-order valence-corrected chi connectivity index (χ2v) is 21.2. The van der Waals surface area contributed by atoms with Crippen molar-refractivity contribution in [2.45, 2.75) is 0 Å². The second kappa shape index (κ2) is 16.5. The molecule has 0 amide bonds. The minimum absolute atomic E-state index is 0.267. The summed E-state index contributed by atoms with van der Waals surface area (Å²) in [5, 5.41) is 14.1. The molecular formula is C76H41F3. The summed E-state index contributed by atoms with van der Waals surface area (Å²) in [5.41, 5.74) is 21.1. The monoisotopic (exact) mass is 1010 g/mol. The standard InChI is InChI=1S/C76H41F3/c77-46-21-15-20-44(38-46)49-22-7-9-24-51(49)69-55-28-13-11-26-53(55)65(42-16-3-1-4-17-42)73-61-34-30-57-60-33-37-64-72-62(35-31-58(68(60)72)59-32-36-63(75(69)73)71(61)67(57)59)74-66(43-18-5-2-6-19-43)54-27-12-14-29-56(54)70(76(64)74)52-25-10-8-23-50(52)45-39-47(78)41-48(79)40-45/h1-41H. The van der Waals surface area contributed by atoms with E-state index in [4.69, 9.17) is 0 Å². The first kappa shape index (κ1) is 44.1. The van der Waals surface area contributed by atoms with Gasteiger partial charge < -0.3 is 0 Å². The highest BCUT2D eigenvalue weighted by atomic mass is 19.1. The van der Waals surface area contributed by atoms with E-state index in [0.717, 1.165) is 105 Å². The van der Waals surface area contributed by atoms with Gasteiger partial charge in [-0.3, -0.25) is 0 Å². The fraction of sp³-hybridized carbons (Fsp3) is 0. The summed E-state index contributed by atoms with van der Waals surface area (Å²) >= 11 is 0. The van der Waals surface area contributed by atoms with Crippen LogP contribution in [0.5, 0.6) is 0 Å². The van der Waals surface area contributed by atoms with Gasteiger partial charge in [-0.05, 0) is 200 Å². The number of halogens is 3. The summed E-state index contributed by atoms with van der Waals surface area (Å²) in [6.45, 7) is 0. The summed E-state index contributed by atoms with van der Waals surface area (Å²) in [6.07, 6.45) is 0. The van der Waals surface area contributed by atoms with Gasteiger partial charge in [0.2, 0.25) is 0 Å². The van der Waals surface area contributed by atoms with Crippen LogP contribution >= 0.6 is 0 Å². The van der Waals surface area contributed by atoms with Crippen LogP contribution in [0.3, 0.4) is 0 Å². The second-order valence-electron chi connectivity index (χ2n) is 21.2. The molecule has 3 heteroatoms. The van der Waals surface area contributed by atoms with E-state index in [1.807, 2.05) is 24.3 Å². The maximum atomic E-state index is 15.2. The van der Waals surface area contributed by atoms with E-state index in [9.17, 15) is 0 Å². The van der Waals surface area contributed by atoms with Crippen molar-refractivity contribution >= 4 is 64.6 Å². The van der Waals surface area contributed by atoms with E-state index >= 15 is 13.2 Å². The van der Waals surface area contributed by atoms with Crippen LogP contribution in [0, 0.1) is 17.5 Å². The molecule has 0 saturated carbocycles. The Hall–Kier alpha value is -10.1. The van der Waals surface area contributed by atoms with Crippen molar-refractivity contribution in [1.29, 1.82) is 0 Å². The van der Waals surface area contributed by atoms with Crippen LogP contribution in [0.15, 0.2) is 249 Å². The lowest BCUT2D eigenvalue weighted by molar-refractivity contribution is 0.584. The van der Waals surface area contributed by atoms with Crippen molar-refractivity contribution in [3.63, 3.8) is 0 Å². The molecule has 2 aliphatic rings. The highest BCUT2D eigenvalue weighted by molar-refractivity contribution is 6.42. The minimum Gasteiger partial charge on any atom is -0.207 e. The lowest BCUT2D eigenvalue weighted by Crippen LogP contribution is -1.95. The van der Waals surface area contributed by atoms with Gasteiger partial charge in [0.05, 0.1) is 0 Å². The Morgan fingerprint density at radius 2 is 0.494 bits per heavy atom. The van der Waals surface area contributed by atoms with Crippen molar-refractivity contribution in [2.24, 2.45) is 0 Å². The number of hydrogen-bond acceptors (Lipinski definition) is 0. The molecule has 0 spiro atoms. The lowest BCUT2D eigenvalue weighted by Gasteiger charge is -2.22. The topological polar surface area (TPSA) is 0 Å². The molecule has 79 heavy (non-hydrogen) atoms. The average Bonchev–Trinajstić information content (AvgIpc) is 2.59. The SMILES string of the molecule is Fc1cccc(-c2ccccc2-c2c3c(c(-c4ccccc4)c4ccccc24)-c2ccc4c5ccc6c7c(ccc(c8ccc-3c2c84)c75)-c2c-6c(-c3ccccc3-c3cc(F)cc(F)c3)c3ccccc3c2-c2ccccc2)c1.